The Morgan fingerprint density at radius 1 is 1.06 bits per heavy atom. The Labute approximate surface area is 208 Å². The van der Waals surface area contributed by atoms with Gasteiger partial charge in [-0.2, -0.15) is 5.10 Å². The summed E-state index contributed by atoms with van der Waals surface area (Å²) in [5.74, 6) is -0.394. The van der Waals surface area contributed by atoms with Crippen LogP contribution in [0.2, 0.25) is 0 Å². The largest absolute Gasteiger partial charge is 0.495 e. The van der Waals surface area contributed by atoms with Gasteiger partial charge in [0.05, 0.1) is 35.9 Å². The molecular weight excluding hydrogens is 488 g/mol. The number of carbonyl (C=O) groups excluding carboxylic acids is 1. The van der Waals surface area contributed by atoms with Gasteiger partial charge in [-0.05, 0) is 48.9 Å². The van der Waals surface area contributed by atoms with Crippen LogP contribution in [0.4, 0.5) is 11.4 Å². The van der Waals surface area contributed by atoms with Crippen LogP contribution < -0.4 is 19.2 Å². The van der Waals surface area contributed by atoms with Gasteiger partial charge in [-0.15, -0.1) is 0 Å². The van der Waals surface area contributed by atoms with Crippen molar-refractivity contribution in [1.82, 2.24) is 5.43 Å². The molecule has 0 aliphatic rings. The number of nitrogens with one attached hydrogen (secondary N) is 1. The lowest BCUT2D eigenvalue weighted by Gasteiger charge is -2.25. The second-order valence-electron chi connectivity index (χ2n) is 7.48. The van der Waals surface area contributed by atoms with Crippen LogP contribution in [0.5, 0.6) is 11.5 Å². The summed E-state index contributed by atoms with van der Waals surface area (Å²) < 4.78 is 38.2. The van der Waals surface area contributed by atoms with Crippen LogP contribution in [0.15, 0.2) is 76.7 Å². The van der Waals surface area contributed by atoms with E-state index in [-0.39, 0.29) is 27.8 Å². The van der Waals surface area contributed by atoms with Crippen LogP contribution in [0.25, 0.3) is 0 Å². The number of hydrazone groups is 1. The van der Waals surface area contributed by atoms with Gasteiger partial charge in [-0.25, -0.2) is 13.8 Å². The highest BCUT2D eigenvalue weighted by Gasteiger charge is 2.29. The number of nitro benzene ring substituents is 1. The molecule has 3 rings (SSSR count). The Hall–Kier alpha value is -4.45. The minimum Gasteiger partial charge on any atom is -0.495 e. The van der Waals surface area contributed by atoms with Gasteiger partial charge in [0.25, 0.3) is 15.9 Å². The molecule has 0 unspecified atom stereocenters. The number of nitrogens with zero attached hydrogens (tertiary/aromatic N) is 3. The molecule has 12 heteroatoms. The standard InChI is InChI=1S/C24H24N4O7S/c1-17-9-11-22(34-2)20(13-17)27(36(32,33)19-7-5-4-6-8-19)16-24(29)26-25-15-18-10-12-23(35-3)21(14-18)28(30)31/h4-15H,16H2,1-3H3,(H,26,29)/b25-15-. The lowest BCUT2D eigenvalue weighted by molar-refractivity contribution is -0.385. The van der Waals surface area contributed by atoms with Gasteiger partial charge in [0, 0.05) is 11.6 Å². The highest BCUT2D eigenvalue weighted by atomic mass is 32.2. The number of carbonyl (C=O) groups is 1. The second-order valence-corrected chi connectivity index (χ2v) is 9.34. The number of nitro groups is 1. The van der Waals surface area contributed by atoms with Gasteiger partial charge in [-0.1, -0.05) is 24.3 Å². The van der Waals surface area contributed by atoms with E-state index in [1.807, 2.05) is 0 Å². The first-order chi connectivity index (χ1) is 17.2. The molecule has 0 bridgehead atoms. The molecule has 0 fully saturated rings. The molecule has 0 aliphatic heterocycles. The smallest absolute Gasteiger partial charge is 0.311 e. The van der Waals surface area contributed by atoms with Crippen molar-refractivity contribution < 1.29 is 27.6 Å². The molecule has 1 N–H and O–H groups in total. The Morgan fingerprint density at radius 2 is 1.72 bits per heavy atom. The van der Waals surface area contributed by atoms with Gasteiger partial charge in [-0.3, -0.25) is 19.2 Å². The van der Waals surface area contributed by atoms with Crippen molar-refractivity contribution in [2.45, 2.75) is 11.8 Å². The van der Waals surface area contributed by atoms with E-state index >= 15 is 0 Å². The molecule has 1 amide bonds. The fraction of sp³-hybridized carbons (Fsp3) is 0.167. The molecule has 0 aliphatic carbocycles. The number of ether oxygens (including phenoxy) is 2. The summed E-state index contributed by atoms with van der Waals surface area (Å²) in [4.78, 5) is 23.3. The minimum atomic E-state index is -4.15. The Bertz CT molecular complexity index is 1390. The Kier molecular flexibility index (Phi) is 8.22. The predicted octanol–water partition coefficient (Wildman–Crippen LogP) is 3.27. The zero-order chi connectivity index (χ0) is 26.3. The van der Waals surface area contributed by atoms with E-state index in [1.54, 1.807) is 43.3 Å². The lowest BCUT2D eigenvalue weighted by atomic mass is 10.2. The average Bonchev–Trinajstić information content (AvgIpc) is 2.87. The van der Waals surface area contributed by atoms with Crippen molar-refractivity contribution in [2.24, 2.45) is 5.10 Å². The molecule has 3 aromatic carbocycles. The zero-order valence-electron chi connectivity index (χ0n) is 19.7. The van der Waals surface area contributed by atoms with E-state index in [0.29, 0.717) is 5.56 Å². The third-order valence-corrected chi connectivity index (χ3v) is 6.80. The monoisotopic (exact) mass is 512 g/mol. The van der Waals surface area contributed by atoms with E-state index in [2.05, 4.69) is 10.5 Å². The van der Waals surface area contributed by atoms with Gasteiger partial charge >= 0.3 is 5.69 Å². The molecule has 0 atom stereocenters. The number of sulfonamides is 1. The maximum atomic E-state index is 13.5. The van der Waals surface area contributed by atoms with E-state index in [4.69, 9.17) is 9.47 Å². The fourth-order valence-electron chi connectivity index (χ4n) is 3.29. The van der Waals surface area contributed by atoms with Crippen molar-refractivity contribution in [1.29, 1.82) is 0 Å². The lowest BCUT2D eigenvalue weighted by Crippen LogP contribution is -2.39. The summed E-state index contributed by atoms with van der Waals surface area (Å²) >= 11 is 0. The summed E-state index contributed by atoms with van der Waals surface area (Å²) in [5.41, 5.74) is 3.28. The predicted molar refractivity (Wildman–Crippen MR) is 134 cm³/mol. The van der Waals surface area contributed by atoms with Crippen molar-refractivity contribution in [3.05, 3.63) is 88.0 Å². The maximum Gasteiger partial charge on any atom is 0.311 e. The third kappa shape index (κ3) is 5.96. The topological polar surface area (TPSA) is 140 Å². The van der Waals surface area contributed by atoms with Crippen molar-refractivity contribution in [2.75, 3.05) is 25.1 Å². The first-order valence-electron chi connectivity index (χ1n) is 10.5. The number of hydrogen-bond donors (Lipinski definition) is 1. The highest BCUT2D eigenvalue weighted by Crippen LogP contribution is 2.33. The molecule has 0 heterocycles. The van der Waals surface area contributed by atoms with Crippen LogP contribution in [0.3, 0.4) is 0 Å². The molecule has 0 spiro atoms. The molecule has 0 aromatic heterocycles. The zero-order valence-corrected chi connectivity index (χ0v) is 20.6. The summed E-state index contributed by atoms with van der Waals surface area (Å²) in [6.45, 7) is 1.19. The second kappa shape index (κ2) is 11.3. The highest BCUT2D eigenvalue weighted by molar-refractivity contribution is 7.92. The van der Waals surface area contributed by atoms with Gasteiger partial charge < -0.3 is 9.47 Å². The summed E-state index contributed by atoms with van der Waals surface area (Å²) in [5, 5.41) is 15.0. The minimum absolute atomic E-state index is 0.00426. The number of anilines is 1. The molecule has 0 saturated heterocycles. The quantitative estimate of drug-likeness (QED) is 0.250. The van der Waals surface area contributed by atoms with E-state index in [0.717, 1.165) is 9.87 Å². The van der Waals surface area contributed by atoms with Crippen molar-refractivity contribution in [3.63, 3.8) is 0 Å². The molecule has 188 valence electrons. The molecule has 0 saturated carbocycles. The SMILES string of the molecule is COc1ccc(C)cc1N(CC(=O)N/N=C\c1ccc(OC)c([N+](=O)[O-])c1)S(=O)(=O)c1ccccc1. The number of methoxy groups -OCH3 is 2. The summed E-state index contributed by atoms with van der Waals surface area (Å²) in [7, 11) is -1.43. The average molecular weight is 513 g/mol. The first-order valence-corrected chi connectivity index (χ1v) is 12.0. The van der Waals surface area contributed by atoms with Crippen LogP contribution in [0.1, 0.15) is 11.1 Å². The summed E-state index contributed by atoms with van der Waals surface area (Å²) in [6.07, 6.45) is 1.20. The van der Waals surface area contributed by atoms with Gasteiger partial charge in [0.15, 0.2) is 5.75 Å². The van der Waals surface area contributed by atoms with Crippen LogP contribution in [-0.4, -0.2) is 46.2 Å². The normalized spacial score (nSPS) is 11.2. The van der Waals surface area contributed by atoms with Gasteiger partial charge in [0.2, 0.25) is 0 Å². The summed E-state index contributed by atoms with van der Waals surface area (Å²) in [6, 6.07) is 16.8. The van der Waals surface area contributed by atoms with E-state index < -0.39 is 27.4 Å². The molecule has 3 aromatic rings. The number of benzene rings is 3. The molecule has 36 heavy (non-hydrogen) atoms. The van der Waals surface area contributed by atoms with E-state index in [1.165, 1.54) is 50.8 Å². The van der Waals surface area contributed by atoms with Crippen LogP contribution in [0, 0.1) is 17.0 Å². The maximum absolute atomic E-state index is 13.5. The van der Waals surface area contributed by atoms with Crippen molar-refractivity contribution in [3.8, 4) is 11.5 Å². The first kappa shape index (κ1) is 26.2. The number of hydrogen-bond acceptors (Lipinski definition) is 8. The number of amides is 1. The van der Waals surface area contributed by atoms with Crippen LogP contribution >= 0.6 is 0 Å². The number of rotatable bonds is 10. The van der Waals surface area contributed by atoms with E-state index in [9.17, 15) is 23.3 Å². The Morgan fingerprint density at radius 3 is 2.36 bits per heavy atom. The van der Waals surface area contributed by atoms with Gasteiger partial charge in [0.1, 0.15) is 12.3 Å². The van der Waals surface area contributed by atoms with Crippen LogP contribution in [-0.2, 0) is 14.8 Å². The molecule has 11 nitrogen and oxygen atoms in total. The third-order valence-electron chi connectivity index (χ3n) is 5.02. The fourth-order valence-corrected chi connectivity index (χ4v) is 4.73. The molecule has 0 radical (unpaired) electrons. The molecular formula is C24H24N4O7S. The Balaban J connectivity index is 1.89. The number of aryl methyl sites for hydroxylation is 1. The van der Waals surface area contributed by atoms with Crippen molar-refractivity contribution >= 4 is 33.5 Å².